The molecule has 2 amide bonds. The second-order valence-electron chi connectivity index (χ2n) is 5.88. The van der Waals surface area contributed by atoms with Crippen LogP contribution in [0.2, 0.25) is 0 Å². The van der Waals surface area contributed by atoms with E-state index in [4.69, 9.17) is 0 Å². The van der Waals surface area contributed by atoms with Crippen molar-refractivity contribution in [2.24, 2.45) is 0 Å². The van der Waals surface area contributed by atoms with Crippen LogP contribution in [-0.2, 0) is 22.6 Å². The molecule has 1 aliphatic rings. The van der Waals surface area contributed by atoms with Gasteiger partial charge in [-0.3, -0.25) is 9.59 Å². The number of nitrogens with zero attached hydrogens (tertiary/aromatic N) is 2. The van der Waals surface area contributed by atoms with Gasteiger partial charge in [-0.15, -0.1) is 0 Å². The molecule has 0 aliphatic carbocycles. The van der Waals surface area contributed by atoms with Crippen molar-refractivity contribution in [3.8, 4) is 0 Å². The van der Waals surface area contributed by atoms with Crippen LogP contribution in [-0.4, -0.2) is 54.3 Å². The normalized spacial score (nSPS) is 13.8. The molecule has 0 aromatic heterocycles. The third kappa shape index (κ3) is 4.79. The zero-order valence-corrected chi connectivity index (χ0v) is 14.2. The van der Waals surface area contributed by atoms with Crippen molar-refractivity contribution in [2.75, 3.05) is 32.7 Å². The SMILES string of the molecule is CCN(CC)CCCNC(=O)C(=O)N1CCc2ccccc2C1. The van der Waals surface area contributed by atoms with E-state index < -0.39 is 11.8 Å². The number of carbonyl (C=O) groups is 2. The van der Waals surface area contributed by atoms with Crippen LogP contribution < -0.4 is 5.32 Å². The van der Waals surface area contributed by atoms with Crippen LogP contribution in [0.15, 0.2) is 24.3 Å². The van der Waals surface area contributed by atoms with E-state index in [0.717, 1.165) is 38.0 Å². The van der Waals surface area contributed by atoms with Gasteiger partial charge in [-0.1, -0.05) is 38.1 Å². The summed E-state index contributed by atoms with van der Waals surface area (Å²) in [4.78, 5) is 28.2. The predicted molar refractivity (Wildman–Crippen MR) is 91.0 cm³/mol. The summed E-state index contributed by atoms with van der Waals surface area (Å²) < 4.78 is 0. The zero-order chi connectivity index (χ0) is 16.7. The van der Waals surface area contributed by atoms with E-state index in [1.807, 2.05) is 18.2 Å². The Balaban J connectivity index is 1.76. The molecule has 0 spiro atoms. The molecule has 0 saturated carbocycles. The molecule has 0 atom stereocenters. The summed E-state index contributed by atoms with van der Waals surface area (Å²) in [7, 11) is 0. The fraction of sp³-hybridized carbons (Fsp3) is 0.556. The molecule has 0 bridgehead atoms. The lowest BCUT2D eigenvalue weighted by Crippen LogP contribution is -2.45. The van der Waals surface area contributed by atoms with Gasteiger partial charge in [0.25, 0.3) is 0 Å². The quantitative estimate of drug-likeness (QED) is 0.638. The Morgan fingerprint density at radius 2 is 1.87 bits per heavy atom. The van der Waals surface area contributed by atoms with Crippen molar-refractivity contribution in [3.63, 3.8) is 0 Å². The third-order valence-corrected chi connectivity index (χ3v) is 4.44. The molecule has 1 aromatic carbocycles. The number of amides is 2. The molecule has 126 valence electrons. The lowest BCUT2D eigenvalue weighted by atomic mass is 10.00. The van der Waals surface area contributed by atoms with Crippen LogP contribution >= 0.6 is 0 Å². The average molecular weight is 317 g/mol. The molecule has 1 N–H and O–H groups in total. The number of rotatable bonds is 6. The Morgan fingerprint density at radius 3 is 2.57 bits per heavy atom. The standard InChI is InChI=1S/C18H27N3O2/c1-3-20(4-2)12-7-11-19-17(22)18(23)21-13-10-15-8-5-6-9-16(15)14-21/h5-6,8-9H,3-4,7,10-14H2,1-2H3,(H,19,22). The molecule has 5 heteroatoms. The Labute approximate surface area is 138 Å². The largest absolute Gasteiger partial charge is 0.348 e. The summed E-state index contributed by atoms with van der Waals surface area (Å²) in [5, 5.41) is 2.75. The average Bonchev–Trinajstić information content (AvgIpc) is 2.60. The van der Waals surface area contributed by atoms with E-state index in [0.29, 0.717) is 19.6 Å². The maximum Gasteiger partial charge on any atom is 0.312 e. The number of hydrogen-bond donors (Lipinski definition) is 1. The molecule has 0 radical (unpaired) electrons. The van der Waals surface area contributed by atoms with Crippen molar-refractivity contribution in [2.45, 2.75) is 33.2 Å². The van der Waals surface area contributed by atoms with Crippen LogP contribution in [0.3, 0.4) is 0 Å². The maximum atomic E-state index is 12.3. The van der Waals surface area contributed by atoms with Gasteiger partial charge in [0.1, 0.15) is 0 Å². The van der Waals surface area contributed by atoms with E-state index in [1.165, 1.54) is 5.56 Å². The highest BCUT2D eigenvalue weighted by Gasteiger charge is 2.25. The number of nitrogens with one attached hydrogen (secondary N) is 1. The summed E-state index contributed by atoms with van der Waals surface area (Å²) in [6.45, 7) is 8.90. The van der Waals surface area contributed by atoms with E-state index in [9.17, 15) is 9.59 Å². The van der Waals surface area contributed by atoms with E-state index in [1.54, 1.807) is 4.90 Å². The minimum absolute atomic E-state index is 0.414. The monoisotopic (exact) mass is 317 g/mol. The summed E-state index contributed by atoms with van der Waals surface area (Å²) in [6.07, 6.45) is 1.68. The first kappa shape index (κ1) is 17.5. The van der Waals surface area contributed by atoms with Crippen LogP contribution in [0.5, 0.6) is 0 Å². The van der Waals surface area contributed by atoms with Gasteiger partial charge >= 0.3 is 11.8 Å². The van der Waals surface area contributed by atoms with Crippen molar-refractivity contribution < 1.29 is 9.59 Å². The van der Waals surface area contributed by atoms with Crippen LogP contribution in [0.1, 0.15) is 31.4 Å². The molecule has 2 rings (SSSR count). The number of carbonyl (C=O) groups excluding carboxylic acids is 2. The van der Waals surface area contributed by atoms with E-state index in [-0.39, 0.29) is 0 Å². The second kappa shape index (κ2) is 8.67. The van der Waals surface area contributed by atoms with Crippen molar-refractivity contribution >= 4 is 11.8 Å². The first-order valence-corrected chi connectivity index (χ1v) is 8.52. The first-order valence-electron chi connectivity index (χ1n) is 8.52. The first-order chi connectivity index (χ1) is 11.2. The van der Waals surface area contributed by atoms with Crippen LogP contribution in [0.4, 0.5) is 0 Å². The topological polar surface area (TPSA) is 52.7 Å². The molecule has 5 nitrogen and oxygen atoms in total. The Bertz CT molecular complexity index is 541. The summed E-state index contributed by atoms with van der Waals surface area (Å²) in [6, 6.07) is 8.10. The smallest absolute Gasteiger partial charge is 0.312 e. The Hall–Kier alpha value is -1.88. The molecule has 0 unspecified atom stereocenters. The van der Waals surface area contributed by atoms with Gasteiger partial charge in [0.2, 0.25) is 0 Å². The molecule has 1 aliphatic heterocycles. The van der Waals surface area contributed by atoms with Gasteiger partial charge in [0.05, 0.1) is 0 Å². The lowest BCUT2D eigenvalue weighted by Gasteiger charge is -2.28. The minimum Gasteiger partial charge on any atom is -0.348 e. The predicted octanol–water partition coefficient (Wildman–Crippen LogP) is 1.42. The Kier molecular flexibility index (Phi) is 6.59. The fourth-order valence-corrected chi connectivity index (χ4v) is 2.93. The maximum absolute atomic E-state index is 12.3. The number of hydrogen-bond acceptors (Lipinski definition) is 3. The fourth-order valence-electron chi connectivity index (χ4n) is 2.93. The third-order valence-electron chi connectivity index (χ3n) is 4.44. The zero-order valence-electron chi connectivity index (χ0n) is 14.2. The van der Waals surface area contributed by atoms with Crippen LogP contribution in [0, 0.1) is 0 Å². The van der Waals surface area contributed by atoms with E-state index >= 15 is 0 Å². The summed E-state index contributed by atoms with van der Waals surface area (Å²) >= 11 is 0. The second-order valence-corrected chi connectivity index (χ2v) is 5.88. The lowest BCUT2D eigenvalue weighted by molar-refractivity contribution is -0.146. The van der Waals surface area contributed by atoms with Gasteiger partial charge in [-0.25, -0.2) is 0 Å². The minimum atomic E-state index is -0.482. The molecule has 1 aromatic rings. The van der Waals surface area contributed by atoms with Gasteiger partial charge in [0, 0.05) is 19.6 Å². The highest BCUT2D eigenvalue weighted by Crippen LogP contribution is 2.18. The van der Waals surface area contributed by atoms with Gasteiger partial charge in [0.15, 0.2) is 0 Å². The van der Waals surface area contributed by atoms with Gasteiger partial charge in [-0.05, 0) is 43.6 Å². The molecular formula is C18H27N3O2. The number of benzene rings is 1. The summed E-state index contributed by atoms with van der Waals surface area (Å²) in [5.74, 6) is -0.897. The van der Waals surface area contributed by atoms with Crippen molar-refractivity contribution in [1.29, 1.82) is 0 Å². The number of fused-ring (bicyclic) bond motifs is 1. The highest BCUT2D eigenvalue weighted by molar-refractivity contribution is 6.35. The van der Waals surface area contributed by atoms with Gasteiger partial charge in [-0.2, -0.15) is 0 Å². The molecule has 1 heterocycles. The molecule has 23 heavy (non-hydrogen) atoms. The molecular weight excluding hydrogens is 290 g/mol. The van der Waals surface area contributed by atoms with Gasteiger partial charge < -0.3 is 15.1 Å². The molecule has 0 saturated heterocycles. The van der Waals surface area contributed by atoms with Crippen molar-refractivity contribution in [1.82, 2.24) is 15.1 Å². The van der Waals surface area contributed by atoms with Crippen molar-refractivity contribution in [3.05, 3.63) is 35.4 Å². The highest BCUT2D eigenvalue weighted by atomic mass is 16.2. The Morgan fingerprint density at radius 1 is 1.17 bits per heavy atom. The van der Waals surface area contributed by atoms with E-state index in [2.05, 4.69) is 30.1 Å². The summed E-state index contributed by atoms with van der Waals surface area (Å²) in [5.41, 5.74) is 2.41. The van der Waals surface area contributed by atoms with Crippen LogP contribution in [0.25, 0.3) is 0 Å². The molecule has 0 fully saturated rings.